The number of hydrazone groups is 1. The number of esters is 1. The molecule has 9 heteroatoms. The molecule has 3 aromatic rings. The Hall–Kier alpha value is -4.53. The van der Waals surface area contributed by atoms with Gasteiger partial charge in [-0.15, -0.1) is 0 Å². The molecule has 1 N–H and O–H groups in total. The molecule has 9 nitrogen and oxygen atoms in total. The van der Waals surface area contributed by atoms with Crippen molar-refractivity contribution in [2.24, 2.45) is 5.10 Å². The molecule has 176 valence electrons. The molecule has 0 spiro atoms. The lowest BCUT2D eigenvalue weighted by Gasteiger charge is -2.13. The summed E-state index contributed by atoms with van der Waals surface area (Å²) in [6.45, 7) is 0. The molecule has 0 atom stereocenters. The third kappa shape index (κ3) is 5.83. The monoisotopic (exact) mass is 464 g/mol. The van der Waals surface area contributed by atoms with Crippen molar-refractivity contribution in [3.8, 4) is 28.7 Å². The smallest absolute Gasteiger partial charge is 0.343 e. The van der Waals surface area contributed by atoms with Crippen LogP contribution in [0.2, 0.25) is 0 Å². The average Bonchev–Trinajstić information content (AvgIpc) is 2.88. The maximum absolute atomic E-state index is 12.5. The normalized spacial score (nSPS) is 10.5. The third-order valence-electron chi connectivity index (χ3n) is 4.72. The van der Waals surface area contributed by atoms with Crippen LogP contribution in [0.5, 0.6) is 28.7 Å². The fourth-order valence-electron chi connectivity index (χ4n) is 2.96. The molecule has 3 aromatic carbocycles. The number of ether oxygens (including phenoxy) is 5. The SMILES string of the molecule is COc1ccc(C(=O)Oc2ccc(/C=N\NC(=O)c3cc(OC)c(OC)c(OC)c3)cc2)cc1. The van der Waals surface area contributed by atoms with Gasteiger partial charge in [0.15, 0.2) is 11.5 Å². The van der Waals surface area contributed by atoms with Crippen LogP contribution in [0.3, 0.4) is 0 Å². The Morgan fingerprint density at radius 3 is 1.85 bits per heavy atom. The van der Waals surface area contributed by atoms with Crippen LogP contribution in [-0.2, 0) is 0 Å². The van der Waals surface area contributed by atoms with Crippen molar-refractivity contribution in [1.29, 1.82) is 0 Å². The van der Waals surface area contributed by atoms with Gasteiger partial charge in [0.05, 0.1) is 40.2 Å². The topological polar surface area (TPSA) is 105 Å². The third-order valence-corrected chi connectivity index (χ3v) is 4.72. The van der Waals surface area contributed by atoms with E-state index in [-0.39, 0.29) is 5.56 Å². The van der Waals surface area contributed by atoms with Gasteiger partial charge in [-0.2, -0.15) is 5.10 Å². The minimum atomic E-state index is -0.485. The van der Waals surface area contributed by atoms with Gasteiger partial charge >= 0.3 is 5.97 Å². The second kappa shape index (κ2) is 11.4. The molecule has 0 saturated carbocycles. The first kappa shape index (κ1) is 24.1. The van der Waals surface area contributed by atoms with Crippen LogP contribution in [0.1, 0.15) is 26.3 Å². The van der Waals surface area contributed by atoms with Gasteiger partial charge in [-0.1, -0.05) is 0 Å². The van der Waals surface area contributed by atoms with E-state index in [1.165, 1.54) is 39.7 Å². The number of hydrogen-bond donors (Lipinski definition) is 1. The minimum absolute atomic E-state index is 0.285. The predicted octanol–water partition coefficient (Wildman–Crippen LogP) is 3.70. The molecule has 0 heterocycles. The van der Waals surface area contributed by atoms with Crippen LogP contribution in [0.15, 0.2) is 65.8 Å². The summed E-state index contributed by atoms with van der Waals surface area (Å²) in [4.78, 5) is 24.7. The zero-order chi connectivity index (χ0) is 24.5. The summed E-state index contributed by atoms with van der Waals surface area (Å²) in [5, 5.41) is 3.97. The Morgan fingerprint density at radius 2 is 1.32 bits per heavy atom. The Morgan fingerprint density at radius 1 is 0.735 bits per heavy atom. The number of nitrogens with one attached hydrogen (secondary N) is 1. The molecule has 0 saturated heterocycles. The van der Waals surface area contributed by atoms with E-state index in [0.29, 0.717) is 39.9 Å². The number of nitrogens with zero attached hydrogens (tertiary/aromatic N) is 1. The van der Waals surface area contributed by atoms with Crippen molar-refractivity contribution in [2.75, 3.05) is 28.4 Å². The van der Waals surface area contributed by atoms with Gasteiger partial charge < -0.3 is 23.7 Å². The summed E-state index contributed by atoms with van der Waals surface area (Å²) in [7, 11) is 5.97. The van der Waals surface area contributed by atoms with Gasteiger partial charge in [-0.05, 0) is 66.2 Å². The summed E-state index contributed by atoms with van der Waals surface area (Å²) < 4.78 is 26.2. The van der Waals surface area contributed by atoms with E-state index in [1.54, 1.807) is 55.6 Å². The molecule has 0 aromatic heterocycles. The number of benzene rings is 3. The van der Waals surface area contributed by atoms with Crippen LogP contribution in [0.25, 0.3) is 0 Å². The largest absolute Gasteiger partial charge is 0.497 e. The number of rotatable bonds is 9. The fraction of sp³-hybridized carbons (Fsp3) is 0.160. The Balaban J connectivity index is 1.61. The number of carbonyl (C=O) groups is 2. The first-order valence-corrected chi connectivity index (χ1v) is 10.1. The van der Waals surface area contributed by atoms with E-state index in [1.807, 2.05) is 0 Å². The van der Waals surface area contributed by atoms with Crippen molar-refractivity contribution >= 4 is 18.1 Å². The van der Waals surface area contributed by atoms with Gasteiger partial charge in [-0.25, -0.2) is 10.2 Å². The van der Waals surface area contributed by atoms with Crippen molar-refractivity contribution in [3.63, 3.8) is 0 Å². The first-order chi connectivity index (χ1) is 16.5. The van der Waals surface area contributed by atoms with Crippen LogP contribution in [0, 0.1) is 0 Å². The van der Waals surface area contributed by atoms with Crippen LogP contribution >= 0.6 is 0 Å². The first-order valence-electron chi connectivity index (χ1n) is 10.1. The zero-order valence-corrected chi connectivity index (χ0v) is 19.2. The zero-order valence-electron chi connectivity index (χ0n) is 19.2. The summed E-state index contributed by atoms with van der Waals surface area (Å²) in [5.74, 6) is 1.18. The van der Waals surface area contributed by atoms with Gasteiger partial charge in [0.25, 0.3) is 5.91 Å². The molecule has 0 bridgehead atoms. The van der Waals surface area contributed by atoms with E-state index >= 15 is 0 Å². The fourth-order valence-corrected chi connectivity index (χ4v) is 2.96. The van der Waals surface area contributed by atoms with E-state index in [2.05, 4.69) is 10.5 Å². The Kier molecular flexibility index (Phi) is 8.07. The molecular weight excluding hydrogens is 440 g/mol. The summed E-state index contributed by atoms with van der Waals surface area (Å²) in [6, 6.07) is 16.3. The maximum Gasteiger partial charge on any atom is 0.343 e. The highest BCUT2D eigenvalue weighted by Gasteiger charge is 2.16. The van der Waals surface area contributed by atoms with E-state index in [0.717, 1.165) is 0 Å². The van der Waals surface area contributed by atoms with Gasteiger partial charge in [-0.3, -0.25) is 4.79 Å². The Labute approximate surface area is 196 Å². The lowest BCUT2D eigenvalue weighted by atomic mass is 10.1. The molecule has 3 rings (SSSR count). The highest BCUT2D eigenvalue weighted by Crippen LogP contribution is 2.38. The van der Waals surface area contributed by atoms with Crippen LogP contribution in [0.4, 0.5) is 0 Å². The van der Waals surface area contributed by atoms with Gasteiger partial charge in [0.2, 0.25) is 5.75 Å². The highest BCUT2D eigenvalue weighted by molar-refractivity contribution is 5.96. The molecule has 0 aliphatic rings. The van der Waals surface area contributed by atoms with Crippen molar-refractivity contribution < 1.29 is 33.3 Å². The molecule has 34 heavy (non-hydrogen) atoms. The van der Waals surface area contributed by atoms with E-state index in [4.69, 9.17) is 23.7 Å². The number of methoxy groups -OCH3 is 4. The van der Waals surface area contributed by atoms with Crippen molar-refractivity contribution in [3.05, 3.63) is 77.4 Å². The molecular formula is C25H24N2O7. The average molecular weight is 464 g/mol. The highest BCUT2D eigenvalue weighted by atomic mass is 16.5. The van der Waals surface area contributed by atoms with Crippen molar-refractivity contribution in [2.45, 2.75) is 0 Å². The van der Waals surface area contributed by atoms with Crippen LogP contribution < -0.4 is 29.1 Å². The molecule has 1 amide bonds. The second-order valence-corrected chi connectivity index (χ2v) is 6.80. The second-order valence-electron chi connectivity index (χ2n) is 6.80. The van der Waals surface area contributed by atoms with E-state index < -0.39 is 11.9 Å². The lowest BCUT2D eigenvalue weighted by molar-refractivity contribution is 0.0734. The molecule has 0 aliphatic carbocycles. The van der Waals surface area contributed by atoms with Gasteiger partial charge in [0, 0.05) is 5.56 Å². The Bertz CT molecular complexity index is 1150. The number of carbonyl (C=O) groups excluding carboxylic acids is 2. The predicted molar refractivity (Wildman–Crippen MR) is 126 cm³/mol. The van der Waals surface area contributed by atoms with E-state index in [9.17, 15) is 9.59 Å². The molecule has 0 aliphatic heterocycles. The lowest BCUT2D eigenvalue weighted by Crippen LogP contribution is -2.18. The van der Waals surface area contributed by atoms with Crippen LogP contribution in [-0.4, -0.2) is 46.5 Å². The molecule has 0 fully saturated rings. The van der Waals surface area contributed by atoms with Crippen molar-refractivity contribution in [1.82, 2.24) is 5.43 Å². The standard InChI is InChI=1S/C25H24N2O7/c1-30-19-11-7-17(8-12-19)25(29)34-20-9-5-16(6-10-20)15-26-27-24(28)18-13-21(31-2)23(33-4)22(14-18)32-3/h5-15H,1-4H3,(H,27,28)/b26-15-. The quantitative estimate of drug-likeness (QED) is 0.223. The van der Waals surface area contributed by atoms with Gasteiger partial charge in [0.1, 0.15) is 11.5 Å². The summed E-state index contributed by atoms with van der Waals surface area (Å²) in [5.41, 5.74) is 3.83. The summed E-state index contributed by atoms with van der Waals surface area (Å²) >= 11 is 0. The minimum Gasteiger partial charge on any atom is -0.497 e. The number of hydrogen-bond acceptors (Lipinski definition) is 8. The molecule has 0 unspecified atom stereocenters. The maximum atomic E-state index is 12.5. The number of amides is 1. The summed E-state index contributed by atoms with van der Waals surface area (Å²) in [6.07, 6.45) is 1.46. The molecule has 0 radical (unpaired) electrons.